The van der Waals surface area contributed by atoms with E-state index in [4.69, 9.17) is 0 Å². The van der Waals surface area contributed by atoms with Gasteiger partial charge >= 0.3 is 0 Å². The summed E-state index contributed by atoms with van der Waals surface area (Å²) in [5, 5.41) is 20.0. The summed E-state index contributed by atoms with van der Waals surface area (Å²) in [6, 6.07) is 35.7. The van der Waals surface area contributed by atoms with Crippen LogP contribution in [0, 0.1) is 5.41 Å². The second-order valence-electron chi connectivity index (χ2n) is 12.5. The van der Waals surface area contributed by atoms with Crippen molar-refractivity contribution in [2.24, 2.45) is 5.41 Å². The normalized spacial score (nSPS) is 15.9. The zero-order valence-corrected chi connectivity index (χ0v) is 23.3. The largest absolute Gasteiger partial charge is 0.396 e. The van der Waals surface area contributed by atoms with Gasteiger partial charge in [-0.1, -0.05) is 111 Å². The van der Waals surface area contributed by atoms with Gasteiger partial charge in [0.2, 0.25) is 0 Å². The lowest BCUT2D eigenvalue weighted by Crippen LogP contribution is -2.38. The minimum absolute atomic E-state index is 0.0277. The Hall–Kier alpha value is -3.20. The molecule has 4 aromatic carbocycles. The Morgan fingerprint density at radius 2 is 0.769 bits per heavy atom. The van der Waals surface area contributed by atoms with E-state index in [-0.39, 0.29) is 29.5 Å². The minimum atomic E-state index is -0.144. The Bertz CT molecular complexity index is 1280. The van der Waals surface area contributed by atoms with Crippen LogP contribution in [0.3, 0.4) is 0 Å². The lowest BCUT2D eigenvalue weighted by atomic mass is 9.59. The fourth-order valence-electron chi connectivity index (χ4n) is 8.39. The quantitative estimate of drug-likeness (QED) is 0.223. The van der Waals surface area contributed by atoms with Gasteiger partial charge in [0.15, 0.2) is 0 Å². The van der Waals surface area contributed by atoms with Crippen molar-refractivity contribution in [1.29, 1.82) is 0 Å². The lowest BCUT2D eigenvalue weighted by molar-refractivity contribution is 0.173. The molecule has 2 nitrogen and oxygen atoms in total. The maximum atomic E-state index is 10.00. The van der Waals surface area contributed by atoms with Gasteiger partial charge in [0.1, 0.15) is 0 Å². The molecule has 2 aliphatic carbocycles. The first-order chi connectivity index (χ1) is 19.0. The highest BCUT2D eigenvalue weighted by Gasteiger charge is 2.50. The Morgan fingerprint density at radius 1 is 0.487 bits per heavy atom. The van der Waals surface area contributed by atoms with Gasteiger partial charge in [0.25, 0.3) is 0 Å². The smallest absolute Gasteiger partial charge is 0.0431 e. The number of hydrogen-bond acceptors (Lipinski definition) is 2. The summed E-state index contributed by atoms with van der Waals surface area (Å²) in [5.74, 6) is 0. The molecule has 4 aromatic rings. The maximum Gasteiger partial charge on any atom is 0.0431 e. The monoisotopic (exact) mass is 516 g/mol. The average molecular weight is 517 g/mol. The number of hydrogen-bond donors (Lipinski definition) is 2. The highest BCUT2D eigenvalue weighted by molar-refractivity contribution is 5.82. The number of aliphatic hydroxyl groups is 2. The van der Waals surface area contributed by atoms with Gasteiger partial charge in [-0.05, 0) is 88.4 Å². The van der Waals surface area contributed by atoms with Crippen LogP contribution in [0.5, 0.6) is 0 Å². The molecule has 2 aliphatic rings. The van der Waals surface area contributed by atoms with E-state index >= 15 is 0 Å². The molecule has 0 atom stereocenters. The fraction of sp³-hybridized carbons (Fsp3) is 0.351. The third kappa shape index (κ3) is 4.17. The summed E-state index contributed by atoms with van der Waals surface area (Å²) >= 11 is 0. The first-order valence-corrected chi connectivity index (χ1v) is 14.6. The van der Waals surface area contributed by atoms with Crippen LogP contribution < -0.4 is 0 Å². The van der Waals surface area contributed by atoms with E-state index in [0.29, 0.717) is 0 Å². The molecule has 0 aliphatic heterocycles. The average Bonchev–Trinajstić information content (AvgIpc) is 3.39. The zero-order valence-electron chi connectivity index (χ0n) is 23.3. The van der Waals surface area contributed by atoms with E-state index in [0.717, 1.165) is 38.5 Å². The molecule has 0 fully saturated rings. The van der Waals surface area contributed by atoms with Crippen LogP contribution in [0.15, 0.2) is 97.1 Å². The van der Waals surface area contributed by atoms with Gasteiger partial charge in [0.05, 0.1) is 0 Å². The van der Waals surface area contributed by atoms with E-state index in [1.807, 2.05) is 0 Å². The van der Waals surface area contributed by atoms with Crippen LogP contribution >= 0.6 is 0 Å². The Kier molecular flexibility index (Phi) is 6.73. The number of rotatable bonds is 10. The van der Waals surface area contributed by atoms with Gasteiger partial charge in [-0.3, -0.25) is 0 Å². The standard InChI is InChI=1S/C37H40O2/c1-35(2,25-36(21-11-23-38)31-17-7-3-13-27(31)28-14-4-8-18-32(28)36)26-37(22-12-24-39)33-19-9-5-15-29(33)30-16-6-10-20-34(30)37/h3-10,13-20,38-39H,11-12,21-26H2,1-2H3. The van der Waals surface area contributed by atoms with Gasteiger partial charge in [-0.25, -0.2) is 0 Å². The summed E-state index contributed by atoms with van der Waals surface area (Å²) in [6.07, 6.45) is 5.41. The first-order valence-electron chi connectivity index (χ1n) is 14.6. The van der Waals surface area contributed by atoms with E-state index < -0.39 is 0 Å². The molecule has 0 unspecified atom stereocenters. The summed E-state index contributed by atoms with van der Waals surface area (Å²) in [7, 11) is 0. The Morgan fingerprint density at radius 3 is 1.05 bits per heavy atom. The van der Waals surface area contributed by atoms with Crippen LogP contribution in [-0.2, 0) is 10.8 Å². The molecule has 39 heavy (non-hydrogen) atoms. The maximum absolute atomic E-state index is 10.00. The molecule has 6 rings (SSSR count). The molecule has 0 heterocycles. The summed E-state index contributed by atoms with van der Waals surface area (Å²) in [4.78, 5) is 0. The Labute approximate surface area is 233 Å². The highest BCUT2D eigenvalue weighted by atomic mass is 16.3. The van der Waals surface area contributed by atoms with Crippen LogP contribution in [0.1, 0.15) is 74.6 Å². The fourth-order valence-corrected chi connectivity index (χ4v) is 8.39. The predicted molar refractivity (Wildman–Crippen MR) is 161 cm³/mol. The van der Waals surface area contributed by atoms with Gasteiger partial charge < -0.3 is 10.2 Å². The topological polar surface area (TPSA) is 40.5 Å². The van der Waals surface area contributed by atoms with Gasteiger partial charge in [-0.2, -0.15) is 0 Å². The molecule has 0 saturated carbocycles. The molecule has 200 valence electrons. The molecule has 0 bridgehead atoms. The first kappa shape index (κ1) is 26.0. The molecule has 2 N–H and O–H groups in total. The summed E-state index contributed by atoms with van der Waals surface area (Å²) in [5.41, 5.74) is 10.7. The second kappa shape index (κ2) is 10.1. The molecule has 0 aromatic heterocycles. The summed E-state index contributed by atoms with van der Waals surface area (Å²) < 4.78 is 0. The van der Waals surface area contributed by atoms with Crippen molar-refractivity contribution < 1.29 is 10.2 Å². The van der Waals surface area contributed by atoms with Crippen molar-refractivity contribution in [1.82, 2.24) is 0 Å². The molecule has 2 heteroatoms. The number of fused-ring (bicyclic) bond motifs is 6. The molecule has 0 radical (unpaired) electrons. The van der Waals surface area contributed by atoms with Crippen molar-refractivity contribution >= 4 is 0 Å². The van der Waals surface area contributed by atoms with E-state index in [9.17, 15) is 10.2 Å². The second-order valence-corrected chi connectivity index (χ2v) is 12.5. The zero-order chi connectivity index (χ0) is 27.1. The van der Waals surface area contributed by atoms with Crippen LogP contribution in [-0.4, -0.2) is 23.4 Å². The molecular formula is C37H40O2. The third-order valence-electron chi connectivity index (χ3n) is 9.43. The van der Waals surface area contributed by atoms with Crippen molar-refractivity contribution in [3.8, 4) is 22.3 Å². The minimum Gasteiger partial charge on any atom is -0.396 e. The van der Waals surface area contributed by atoms with Crippen molar-refractivity contribution in [2.75, 3.05) is 13.2 Å². The van der Waals surface area contributed by atoms with Crippen LogP contribution in [0.25, 0.3) is 22.3 Å². The Balaban J connectivity index is 1.48. The van der Waals surface area contributed by atoms with E-state index in [2.05, 4.69) is 111 Å². The van der Waals surface area contributed by atoms with Crippen molar-refractivity contribution in [2.45, 2.75) is 63.2 Å². The summed E-state index contributed by atoms with van der Waals surface area (Å²) in [6.45, 7) is 5.30. The van der Waals surface area contributed by atoms with Crippen LogP contribution in [0.4, 0.5) is 0 Å². The van der Waals surface area contributed by atoms with Crippen molar-refractivity contribution in [3.05, 3.63) is 119 Å². The van der Waals surface area contributed by atoms with E-state index in [1.54, 1.807) is 0 Å². The SMILES string of the molecule is CC(C)(CC1(CCCO)c2ccccc2-c2ccccc21)CC1(CCCO)c2ccccc2-c2ccccc21. The van der Waals surface area contributed by atoms with E-state index in [1.165, 1.54) is 44.5 Å². The number of aliphatic hydroxyl groups excluding tert-OH is 2. The van der Waals surface area contributed by atoms with Crippen LogP contribution in [0.2, 0.25) is 0 Å². The molecule has 0 amide bonds. The third-order valence-corrected chi connectivity index (χ3v) is 9.43. The molecular weight excluding hydrogens is 476 g/mol. The lowest BCUT2D eigenvalue weighted by Gasteiger charge is -2.45. The highest BCUT2D eigenvalue weighted by Crippen LogP contribution is 2.60. The molecule has 0 saturated heterocycles. The molecule has 0 spiro atoms. The van der Waals surface area contributed by atoms with Gasteiger partial charge in [-0.15, -0.1) is 0 Å². The number of benzene rings is 4. The van der Waals surface area contributed by atoms with Gasteiger partial charge in [0, 0.05) is 24.0 Å². The predicted octanol–water partition coefficient (Wildman–Crippen LogP) is 8.27. The van der Waals surface area contributed by atoms with Crippen molar-refractivity contribution in [3.63, 3.8) is 0 Å².